The molecule has 0 aromatic heterocycles. The van der Waals surface area contributed by atoms with Crippen molar-refractivity contribution in [2.45, 2.75) is 38.0 Å². The molecule has 0 N–H and O–H groups in total. The van der Waals surface area contributed by atoms with Gasteiger partial charge < -0.3 is 14.4 Å². The second kappa shape index (κ2) is 10.1. The smallest absolute Gasteiger partial charge is 0.416 e. The van der Waals surface area contributed by atoms with Gasteiger partial charge >= 0.3 is 11.8 Å². The summed E-state index contributed by atoms with van der Waals surface area (Å²) in [5.74, 6) is -1.72. The van der Waals surface area contributed by atoms with Crippen molar-refractivity contribution in [2.75, 3.05) is 13.1 Å². The Kier molecular flexibility index (Phi) is 7.64. The quantitative estimate of drug-likeness (QED) is 0.420. The molecule has 34 heavy (non-hydrogen) atoms. The van der Waals surface area contributed by atoms with Crippen LogP contribution >= 0.6 is 23.2 Å². The van der Waals surface area contributed by atoms with Gasteiger partial charge in [0.05, 0.1) is 15.6 Å². The number of ketones is 1. The molecular formula is C23H19Cl2F3N2O4. The molecule has 1 fully saturated rings. The highest BCUT2D eigenvalue weighted by Gasteiger charge is 2.51. The summed E-state index contributed by atoms with van der Waals surface area (Å²) in [4.78, 5) is 27.3. The second-order valence-corrected chi connectivity index (χ2v) is 8.32. The van der Waals surface area contributed by atoms with Gasteiger partial charge in [0, 0.05) is 25.6 Å². The molecule has 2 aromatic carbocycles. The summed E-state index contributed by atoms with van der Waals surface area (Å²) in [5.41, 5.74) is -3.38. The Hall–Kier alpha value is -2.96. The van der Waals surface area contributed by atoms with Crippen LogP contribution in [0.1, 0.15) is 31.7 Å². The number of benzene rings is 2. The van der Waals surface area contributed by atoms with Crippen LogP contribution in [-0.4, -0.2) is 35.3 Å². The number of hydrogen-bond acceptors (Lipinski definition) is 5. The number of Topliss-reactive ketones (excluding diaryl/α,β-unsaturated/α-hetero) is 1. The molecule has 1 aliphatic heterocycles. The lowest BCUT2D eigenvalue weighted by molar-refractivity contribution is -0.150. The van der Waals surface area contributed by atoms with E-state index in [0.717, 1.165) is 31.0 Å². The van der Waals surface area contributed by atoms with Gasteiger partial charge in [0.15, 0.2) is 0 Å². The van der Waals surface area contributed by atoms with Gasteiger partial charge in [0.25, 0.3) is 5.91 Å². The minimum Gasteiger partial charge on any atom is -0.456 e. The molecule has 11 heteroatoms. The largest absolute Gasteiger partial charge is 0.456 e. The van der Waals surface area contributed by atoms with Gasteiger partial charge in [-0.05, 0) is 43.2 Å². The molecule has 1 amide bonds. The summed E-state index contributed by atoms with van der Waals surface area (Å²) in [6, 6.07) is 8.26. The summed E-state index contributed by atoms with van der Waals surface area (Å²) in [5, 5.41) is 9.57. The van der Waals surface area contributed by atoms with Crippen LogP contribution in [0.4, 0.5) is 13.2 Å². The van der Waals surface area contributed by atoms with E-state index < -0.39 is 29.0 Å². The highest BCUT2D eigenvalue weighted by atomic mass is 35.5. The maximum atomic E-state index is 13.1. The van der Waals surface area contributed by atoms with Crippen molar-refractivity contribution in [1.29, 1.82) is 5.26 Å². The maximum Gasteiger partial charge on any atom is 0.416 e. The van der Waals surface area contributed by atoms with Gasteiger partial charge in [-0.3, -0.25) is 9.59 Å². The zero-order valence-corrected chi connectivity index (χ0v) is 19.4. The zero-order chi connectivity index (χ0) is 25.1. The SMILES string of the molecule is CCC(=O)C(C#N)(Oc1cc(Oc2ccc(C(F)(F)F)cc2Cl)ccc1Cl)C(=O)N1CCCC1. The number of carbonyl (C=O) groups is 2. The van der Waals surface area contributed by atoms with Gasteiger partial charge in [-0.15, -0.1) is 0 Å². The third kappa shape index (κ3) is 5.24. The molecule has 1 heterocycles. The number of likely N-dealkylation sites (tertiary alicyclic amines) is 1. The molecule has 1 unspecified atom stereocenters. The first-order valence-electron chi connectivity index (χ1n) is 10.3. The summed E-state index contributed by atoms with van der Waals surface area (Å²) >= 11 is 12.1. The number of alkyl halides is 3. The lowest BCUT2D eigenvalue weighted by Gasteiger charge is -2.29. The van der Waals surface area contributed by atoms with Crippen molar-refractivity contribution in [3.05, 3.63) is 52.0 Å². The van der Waals surface area contributed by atoms with Crippen molar-refractivity contribution in [3.8, 4) is 23.3 Å². The fraction of sp³-hybridized carbons (Fsp3) is 0.348. The van der Waals surface area contributed by atoms with Crippen molar-refractivity contribution in [2.24, 2.45) is 0 Å². The van der Waals surface area contributed by atoms with E-state index in [1.807, 2.05) is 0 Å². The Bertz CT molecular complexity index is 1140. The number of nitrogens with zero attached hydrogens (tertiary/aromatic N) is 2. The molecule has 0 bridgehead atoms. The molecule has 0 radical (unpaired) electrons. The third-order valence-corrected chi connectivity index (χ3v) is 5.83. The molecular weight excluding hydrogens is 496 g/mol. The summed E-state index contributed by atoms with van der Waals surface area (Å²) < 4.78 is 49.9. The van der Waals surface area contributed by atoms with E-state index >= 15 is 0 Å². The summed E-state index contributed by atoms with van der Waals surface area (Å²) in [6.07, 6.45) is -3.23. The Labute approximate surface area is 203 Å². The topological polar surface area (TPSA) is 79.6 Å². The lowest BCUT2D eigenvalue weighted by Crippen LogP contribution is -2.56. The molecule has 1 atom stereocenters. The van der Waals surface area contributed by atoms with E-state index in [1.165, 1.54) is 30.0 Å². The predicted octanol–water partition coefficient (Wildman–Crippen LogP) is 6.05. The molecule has 180 valence electrons. The van der Waals surface area contributed by atoms with Gasteiger partial charge in [0.2, 0.25) is 5.78 Å². The lowest BCUT2D eigenvalue weighted by atomic mass is 9.95. The van der Waals surface area contributed by atoms with Crippen molar-refractivity contribution < 1.29 is 32.2 Å². The molecule has 0 aliphatic carbocycles. The van der Waals surface area contributed by atoms with Crippen LogP contribution in [0.2, 0.25) is 10.0 Å². The van der Waals surface area contributed by atoms with Crippen molar-refractivity contribution in [1.82, 2.24) is 4.90 Å². The first-order valence-corrected chi connectivity index (χ1v) is 11.0. The number of halogens is 5. The minimum absolute atomic E-state index is 0.0105. The third-order valence-electron chi connectivity index (χ3n) is 5.22. The molecule has 1 saturated heterocycles. The Morgan fingerprint density at radius 2 is 1.74 bits per heavy atom. The Balaban J connectivity index is 1.93. The molecule has 6 nitrogen and oxygen atoms in total. The average Bonchev–Trinajstić information content (AvgIpc) is 3.34. The normalized spacial score (nSPS) is 15.4. The van der Waals surface area contributed by atoms with Gasteiger partial charge in [-0.1, -0.05) is 30.1 Å². The zero-order valence-electron chi connectivity index (χ0n) is 17.9. The highest BCUT2D eigenvalue weighted by molar-refractivity contribution is 6.32. The fourth-order valence-corrected chi connectivity index (χ4v) is 3.80. The van der Waals surface area contributed by atoms with Crippen LogP contribution in [-0.2, 0) is 15.8 Å². The second-order valence-electron chi connectivity index (χ2n) is 7.51. The molecule has 1 aliphatic rings. The average molecular weight is 515 g/mol. The number of amides is 1. The molecule has 3 rings (SSSR count). The highest BCUT2D eigenvalue weighted by Crippen LogP contribution is 2.39. The van der Waals surface area contributed by atoms with E-state index in [0.29, 0.717) is 13.1 Å². The van der Waals surface area contributed by atoms with Gasteiger partial charge in [-0.25, -0.2) is 0 Å². The standard InChI is InChI=1S/C23H19Cl2F3N2O4/c1-2-20(31)22(13-29,21(32)30-9-3-4-10-30)34-19-12-15(6-7-16(19)24)33-18-8-5-14(11-17(18)25)23(26,27)28/h5-8,11-12H,2-4,9-10H2,1H3. The number of ether oxygens (including phenoxy) is 2. The molecule has 0 spiro atoms. The van der Waals surface area contributed by atoms with Gasteiger partial charge in [-0.2, -0.15) is 18.4 Å². The van der Waals surface area contributed by atoms with Gasteiger partial charge in [0.1, 0.15) is 23.3 Å². The summed E-state index contributed by atoms with van der Waals surface area (Å²) in [6.45, 7) is 2.29. The minimum atomic E-state index is -4.57. The van der Waals surface area contributed by atoms with E-state index in [4.69, 9.17) is 32.7 Å². The van der Waals surface area contributed by atoms with Crippen LogP contribution < -0.4 is 9.47 Å². The van der Waals surface area contributed by atoms with E-state index in [-0.39, 0.29) is 33.7 Å². The first-order chi connectivity index (χ1) is 16.0. The van der Waals surface area contributed by atoms with Crippen LogP contribution in [0.3, 0.4) is 0 Å². The number of rotatable bonds is 7. The number of carbonyl (C=O) groups excluding carboxylic acids is 2. The van der Waals surface area contributed by atoms with Crippen LogP contribution in [0.15, 0.2) is 36.4 Å². The monoisotopic (exact) mass is 514 g/mol. The fourth-order valence-electron chi connectivity index (χ4n) is 3.42. The number of hydrogen-bond donors (Lipinski definition) is 0. The van der Waals surface area contributed by atoms with Crippen LogP contribution in [0.25, 0.3) is 0 Å². The van der Waals surface area contributed by atoms with Crippen LogP contribution in [0.5, 0.6) is 17.2 Å². The van der Waals surface area contributed by atoms with Crippen LogP contribution in [0, 0.1) is 11.3 Å². The Morgan fingerprint density at radius 1 is 1.06 bits per heavy atom. The first kappa shape index (κ1) is 25.7. The van der Waals surface area contributed by atoms with E-state index in [2.05, 4.69) is 0 Å². The van der Waals surface area contributed by atoms with E-state index in [9.17, 15) is 28.0 Å². The maximum absolute atomic E-state index is 13.1. The van der Waals surface area contributed by atoms with Crippen molar-refractivity contribution in [3.63, 3.8) is 0 Å². The van der Waals surface area contributed by atoms with E-state index in [1.54, 1.807) is 6.07 Å². The molecule has 0 saturated carbocycles. The Morgan fingerprint density at radius 3 is 2.29 bits per heavy atom. The molecule has 2 aromatic rings. The number of nitriles is 1. The predicted molar refractivity (Wildman–Crippen MR) is 118 cm³/mol. The van der Waals surface area contributed by atoms with Crippen molar-refractivity contribution >= 4 is 34.9 Å². The summed E-state index contributed by atoms with van der Waals surface area (Å²) in [7, 11) is 0.